The largest absolute Gasteiger partial charge is 0.355 e. The number of hydrogen-bond donors (Lipinski definition) is 1. The molecule has 37 heavy (non-hydrogen) atoms. The van der Waals surface area contributed by atoms with E-state index < -0.39 is 0 Å². The molecule has 0 amide bonds. The summed E-state index contributed by atoms with van der Waals surface area (Å²) in [5.41, 5.74) is 9.98. The molecule has 0 unspecified atom stereocenters. The summed E-state index contributed by atoms with van der Waals surface area (Å²) in [6.45, 7) is 0. The highest BCUT2D eigenvalue weighted by Crippen LogP contribution is 2.39. The van der Waals surface area contributed by atoms with Gasteiger partial charge < -0.3 is 4.98 Å². The van der Waals surface area contributed by atoms with Crippen LogP contribution >= 0.6 is 0 Å². The highest BCUT2D eigenvalue weighted by Gasteiger charge is 2.13. The van der Waals surface area contributed by atoms with E-state index in [1.807, 2.05) is 0 Å². The molecule has 7 rings (SSSR count). The summed E-state index contributed by atoms with van der Waals surface area (Å²) in [4.78, 5) is 3.38. The van der Waals surface area contributed by atoms with E-state index in [9.17, 15) is 0 Å². The fourth-order valence-corrected chi connectivity index (χ4v) is 4.98. The van der Waals surface area contributed by atoms with Crippen molar-refractivity contribution in [3.05, 3.63) is 158 Å². The molecule has 1 heteroatoms. The molecule has 0 spiro atoms. The van der Waals surface area contributed by atoms with Gasteiger partial charge in [-0.2, -0.15) is 0 Å². The summed E-state index contributed by atoms with van der Waals surface area (Å²) in [5.74, 6) is 0. The van der Waals surface area contributed by atoms with E-state index in [4.69, 9.17) is 0 Å². The molecule has 1 nitrogen and oxygen atoms in total. The average molecular weight is 474 g/mol. The lowest BCUT2D eigenvalue weighted by atomic mass is 9.88. The Labute approximate surface area is 217 Å². The molecule has 7 aromatic rings. The van der Waals surface area contributed by atoms with Gasteiger partial charge in [-0.25, -0.2) is 0 Å². The Balaban J connectivity index is 0.000000162. The van der Waals surface area contributed by atoms with Gasteiger partial charge >= 0.3 is 0 Å². The van der Waals surface area contributed by atoms with Crippen LogP contribution in [0, 0.1) is 0 Å². The zero-order valence-electron chi connectivity index (χ0n) is 20.5. The van der Waals surface area contributed by atoms with E-state index in [1.165, 1.54) is 55.2 Å². The molecular formula is C36H27N. The van der Waals surface area contributed by atoms with Crippen molar-refractivity contribution < 1.29 is 0 Å². The van der Waals surface area contributed by atoms with Gasteiger partial charge in [-0.3, -0.25) is 0 Å². The van der Waals surface area contributed by atoms with Crippen molar-refractivity contribution in [3.63, 3.8) is 0 Å². The van der Waals surface area contributed by atoms with Crippen LogP contribution in [0.3, 0.4) is 0 Å². The van der Waals surface area contributed by atoms with Crippen LogP contribution in [0.1, 0.15) is 0 Å². The predicted molar refractivity (Wildman–Crippen MR) is 159 cm³/mol. The number of aromatic amines is 1. The third kappa shape index (κ3) is 4.68. The van der Waals surface area contributed by atoms with Crippen LogP contribution in [-0.4, -0.2) is 4.98 Å². The third-order valence-corrected chi connectivity index (χ3v) is 6.71. The number of para-hydroxylation sites is 2. The van der Waals surface area contributed by atoms with Gasteiger partial charge in [0.1, 0.15) is 0 Å². The zero-order chi connectivity index (χ0) is 24.9. The number of benzene rings is 6. The smallest absolute Gasteiger partial charge is 0.0464 e. The molecule has 1 aromatic heterocycles. The molecule has 0 aliphatic rings. The van der Waals surface area contributed by atoms with E-state index >= 15 is 0 Å². The Morgan fingerprint density at radius 2 is 0.676 bits per heavy atom. The highest BCUT2D eigenvalue weighted by atomic mass is 14.7. The summed E-state index contributed by atoms with van der Waals surface area (Å²) in [6, 6.07) is 55.2. The van der Waals surface area contributed by atoms with Crippen molar-refractivity contribution in [2.45, 2.75) is 0 Å². The summed E-state index contributed by atoms with van der Waals surface area (Å²) in [6.07, 6.45) is 0. The minimum Gasteiger partial charge on any atom is -0.355 e. The molecule has 0 radical (unpaired) electrons. The minimum absolute atomic E-state index is 1.21. The summed E-state index contributed by atoms with van der Waals surface area (Å²) in [7, 11) is 0. The summed E-state index contributed by atoms with van der Waals surface area (Å²) >= 11 is 0. The Morgan fingerprint density at radius 1 is 0.297 bits per heavy atom. The first-order chi connectivity index (χ1) is 18.4. The lowest BCUT2D eigenvalue weighted by molar-refractivity contribution is 1.55. The monoisotopic (exact) mass is 473 g/mol. The van der Waals surface area contributed by atoms with Crippen molar-refractivity contribution >= 4 is 21.8 Å². The quantitative estimate of drug-likeness (QED) is 0.263. The van der Waals surface area contributed by atoms with Gasteiger partial charge in [-0.05, 0) is 45.5 Å². The highest BCUT2D eigenvalue weighted by molar-refractivity contribution is 6.07. The first-order valence-electron chi connectivity index (χ1n) is 12.6. The Kier molecular flexibility index (Phi) is 6.34. The van der Waals surface area contributed by atoms with E-state index in [0.717, 1.165) is 0 Å². The first kappa shape index (κ1) is 22.6. The average Bonchev–Trinajstić information content (AvgIpc) is 3.37. The van der Waals surface area contributed by atoms with Gasteiger partial charge in [-0.1, -0.05) is 146 Å². The minimum atomic E-state index is 1.21. The predicted octanol–water partition coefficient (Wildman–Crippen LogP) is 10.0. The van der Waals surface area contributed by atoms with Gasteiger partial charge in [0.15, 0.2) is 0 Å². The standard InChI is InChI=1S/C24H18.C12H9N/c1-4-11-19(12-5-1)22-17-10-18-23(20-13-6-2-7-14-20)24(22)21-15-8-3-9-16-21;1-3-7-11-9(5-1)10-6-2-4-8-12(10)13-11/h1-18H;1-8,13H. The Bertz CT molecular complexity index is 1640. The Morgan fingerprint density at radius 3 is 1.14 bits per heavy atom. The van der Waals surface area contributed by atoms with Crippen molar-refractivity contribution in [3.8, 4) is 33.4 Å². The fraction of sp³-hybridized carbons (Fsp3) is 0. The topological polar surface area (TPSA) is 15.8 Å². The van der Waals surface area contributed by atoms with Crippen molar-refractivity contribution in [2.24, 2.45) is 0 Å². The number of fused-ring (bicyclic) bond motifs is 3. The van der Waals surface area contributed by atoms with Crippen LogP contribution in [0.15, 0.2) is 158 Å². The van der Waals surface area contributed by atoms with Gasteiger partial charge in [0.2, 0.25) is 0 Å². The van der Waals surface area contributed by atoms with Crippen LogP contribution < -0.4 is 0 Å². The lowest BCUT2D eigenvalue weighted by Crippen LogP contribution is -1.90. The summed E-state index contributed by atoms with van der Waals surface area (Å²) in [5, 5.41) is 2.61. The lowest BCUT2D eigenvalue weighted by Gasteiger charge is -2.16. The van der Waals surface area contributed by atoms with E-state index in [-0.39, 0.29) is 0 Å². The molecule has 0 saturated heterocycles. The zero-order valence-corrected chi connectivity index (χ0v) is 20.5. The van der Waals surface area contributed by atoms with E-state index in [1.54, 1.807) is 0 Å². The van der Waals surface area contributed by atoms with E-state index in [0.29, 0.717) is 0 Å². The molecule has 176 valence electrons. The van der Waals surface area contributed by atoms with Crippen molar-refractivity contribution in [1.82, 2.24) is 4.98 Å². The first-order valence-corrected chi connectivity index (χ1v) is 12.6. The maximum absolute atomic E-state index is 3.38. The normalized spacial score (nSPS) is 10.7. The van der Waals surface area contributed by atoms with Gasteiger partial charge in [0.05, 0.1) is 0 Å². The van der Waals surface area contributed by atoms with Crippen molar-refractivity contribution in [1.29, 1.82) is 0 Å². The summed E-state index contributed by atoms with van der Waals surface area (Å²) < 4.78 is 0. The SMILES string of the molecule is c1ccc(-c2cccc(-c3ccccc3)c2-c2ccccc2)cc1.c1ccc2c(c1)[nH]c1ccccc12. The van der Waals surface area contributed by atoms with Crippen molar-refractivity contribution in [2.75, 3.05) is 0 Å². The van der Waals surface area contributed by atoms with Gasteiger partial charge in [0.25, 0.3) is 0 Å². The van der Waals surface area contributed by atoms with Crippen LogP contribution in [0.4, 0.5) is 0 Å². The van der Waals surface area contributed by atoms with Gasteiger partial charge in [0, 0.05) is 21.8 Å². The molecular weight excluding hydrogens is 446 g/mol. The fourth-order valence-electron chi connectivity index (χ4n) is 4.98. The number of H-pyrrole nitrogens is 1. The van der Waals surface area contributed by atoms with Crippen LogP contribution in [0.25, 0.3) is 55.2 Å². The molecule has 1 heterocycles. The van der Waals surface area contributed by atoms with Gasteiger partial charge in [-0.15, -0.1) is 0 Å². The maximum atomic E-state index is 3.38. The van der Waals surface area contributed by atoms with Crippen LogP contribution in [0.5, 0.6) is 0 Å². The third-order valence-electron chi connectivity index (χ3n) is 6.71. The maximum Gasteiger partial charge on any atom is 0.0464 e. The molecule has 0 bridgehead atoms. The van der Waals surface area contributed by atoms with Crippen LogP contribution in [0.2, 0.25) is 0 Å². The molecule has 6 aromatic carbocycles. The van der Waals surface area contributed by atoms with E-state index in [2.05, 4.69) is 163 Å². The molecule has 0 aliphatic carbocycles. The molecule has 0 atom stereocenters. The molecule has 0 saturated carbocycles. The van der Waals surface area contributed by atoms with Crippen LogP contribution in [-0.2, 0) is 0 Å². The second-order valence-corrected chi connectivity index (χ2v) is 9.04. The molecule has 0 aliphatic heterocycles. The number of nitrogens with one attached hydrogen (secondary N) is 1. The molecule has 1 N–H and O–H groups in total. The molecule has 0 fully saturated rings. The number of rotatable bonds is 3. The Hall–Kier alpha value is -4.88. The second-order valence-electron chi connectivity index (χ2n) is 9.04. The second kappa shape index (κ2) is 10.4. The number of aromatic nitrogens is 1. The number of hydrogen-bond acceptors (Lipinski definition) is 0.